The van der Waals surface area contributed by atoms with Gasteiger partial charge in [0.1, 0.15) is 0 Å². The number of carboxylic acid groups (broad SMARTS) is 1. The van der Waals surface area contributed by atoms with E-state index in [0.717, 1.165) is 19.3 Å². The smallest absolute Gasteiger partial charge is 0.303 e. The molecular formula is C20H35NO4. The van der Waals surface area contributed by atoms with Crippen LogP contribution in [-0.2, 0) is 14.3 Å². The van der Waals surface area contributed by atoms with E-state index in [1.165, 1.54) is 19.3 Å². The molecule has 4 atom stereocenters. The molecule has 5 heteroatoms. The molecule has 0 aromatic heterocycles. The van der Waals surface area contributed by atoms with Gasteiger partial charge in [0.2, 0.25) is 0 Å². The summed E-state index contributed by atoms with van der Waals surface area (Å²) in [6.45, 7) is 4.70. The zero-order chi connectivity index (χ0) is 18.7. The quantitative estimate of drug-likeness (QED) is 0.481. The summed E-state index contributed by atoms with van der Waals surface area (Å²) in [6.07, 6.45) is 7.01. The van der Waals surface area contributed by atoms with E-state index in [1.807, 2.05) is 21.0 Å². The number of hydrogen-bond acceptors (Lipinski definition) is 4. The summed E-state index contributed by atoms with van der Waals surface area (Å²) < 4.78 is 11.8. The third kappa shape index (κ3) is 8.71. The molecule has 0 aliphatic carbocycles. The maximum atomic E-state index is 11.2. The standard InChI is InChI=1S/C20H35NO4/c1-5-6-7-8-9-10-11-12-13-24-20-17(15-19(22)23)18(21(3)4)14-16(2)25-20/h16-18,20H,5-9,12-15H2,1-4H3,(H,22,23). The van der Waals surface area contributed by atoms with Crippen LogP contribution in [-0.4, -0.2) is 55.1 Å². The molecule has 0 saturated carbocycles. The van der Waals surface area contributed by atoms with Gasteiger partial charge in [-0.05, 0) is 33.9 Å². The molecule has 0 aromatic rings. The summed E-state index contributed by atoms with van der Waals surface area (Å²) in [6, 6.07) is 0.148. The SMILES string of the molecule is CCCCCCC#CCCOC1OC(C)CC(N(C)C)C1CC(=O)O. The van der Waals surface area contributed by atoms with Crippen molar-refractivity contribution in [2.75, 3.05) is 20.7 Å². The fraction of sp³-hybridized carbons (Fsp3) is 0.850. The first kappa shape index (κ1) is 22.0. The van der Waals surface area contributed by atoms with Crippen LogP contribution in [0.4, 0.5) is 0 Å². The number of carboxylic acids is 1. The number of carbonyl (C=O) groups is 1. The molecule has 0 spiro atoms. The third-order valence-corrected chi connectivity index (χ3v) is 4.65. The van der Waals surface area contributed by atoms with Gasteiger partial charge in [0.25, 0.3) is 0 Å². The molecule has 0 bridgehead atoms. The van der Waals surface area contributed by atoms with Crippen LogP contribution in [0.1, 0.15) is 65.2 Å². The summed E-state index contributed by atoms with van der Waals surface area (Å²) in [4.78, 5) is 13.3. The van der Waals surface area contributed by atoms with Crippen molar-refractivity contribution in [1.82, 2.24) is 4.90 Å². The highest BCUT2D eigenvalue weighted by atomic mass is 16.7. The third-order valence-electron chi connectivity index (χ3n) is 4.65. The average Bonchev–Trinajstić information content (AvgIpc) is 2.54. The van der Waals surface area contributed by atoms with E-state index >= 15 is 0 Å². The van der Waals surface area contributed by atoms with E-state index in [4.69, 9.17) is 9.47 Å². The Morgan fingerprint density at radius 1 is 1.24 bits per heavy atom. The normalized spacial score (nSPS) is 26.3. The number of aliphatic carboxylic acids is 1. The Bertz CT molecular complexity index is 441. The van der Waals surface area contributed by atoms with E-state index in [1.54, 1.807) is 0 Å². The van der Waals surface area contributed by atoms with Crippen LogP contribution in [0, 0.1) is 17.8 Å². The van der Waals surface area contributed by atoms with Crippen molar-refractivity contribution in [3.8, 4) is 11.8 Å². The van der Waals surface area contributed by atoms with E-state index in [9.17, 15) is 9.90 Å². The summed E-state index contributed by atoms with van der Waals surface area (Å²) >= 11 is 0. The Morgan fingerprint density at radius 3 is 2.60 bits per heavy atom. The zero-order valence-electron chi connectivity index (χ0n) is 16.3. The van der Waals surface area contributed by atoms with Gasteiger partial charge in [-0.3, -0.25) is 4.79 Å². The van der Waals surface area contributed by atoms with Crippen LogP contribution in [0.15, 0.2) is 0 Å². The second-order valence-corrected chi connectivity index (χ2v) is 7.13. The van der Waals surface area contributed by atoms with Crippen molar-refractivity contribution in [2.45, 2.75) is 83.6 Å². The van der Waals surface area contributed by atoms with Gasteiger partial charge >= 0.3 is 5.97 Å². The number of hydrogen-bond donors (Lipinski definition) is 1. The number of nitrogens with zero attached hydrogens (tertiary/aromatic N) is 1. The van der Waals surface area contributed by atoms with E-state index in [2.05, 4.69) is 23.7 Å². The fourth-order valence-corrected chi connectivity index (χ4v) is 3.32. The van der Waals surface area contributed by atoms with Gasteiger partial charge in [-0.15, -0.1) is 11.8 Å². The van der Waals surface area contributed by atoms with Crippen molar-refractivity contribution < 1.29 is 19.4 Å². The van der Waals surface area contributed by atoms with Crippen LogP contribution < -0.4 is 0 Å². The summed E-state index contributed by atoms with van der Waals surface area (Å²) in [5.74, 6) is 5.36. The largest absolute Gasteiger partial charge is 0.481 e. The Hall–Kier alpha value is -1.09. The first-order chi connectivity index (χ1) is 12.0. The minimum absolute atomic E-state index is 0.0589. The maximum Gasteiger partial charge on any atom is 0.303 e. The molecular weight excluding hydrogens is 318 g/mol. The highest BCUT2D eigenvalue weighted by Crippen LogP contribution is 2.31. The first-order valence-electron chi connectivity index (χ1n) is 9.56. The van der Waals surface area contributed by atoms with Gasteiger partial charge in [0, 0.05) is 24.8 Å². The minimum Gasteiger partial charge on any atom is -0.481 e. The van der Waals surface area contributed by atoms with Gasteiger partial charge in [0.05, 0.1) is 19.1 Å². The molecule has 1 N–H and O–H groups in total. The van der Waals surface area contributed by atoms with E-state index < -0.39 is 12.3 Å². The lowest BCUT2D eigenvalue weighted by molar-refractivity contribution is -0.234. The molecule has 1 saturated heterocycles. The highest BCUT2D eigenvalue weighted by Gasteiger charge is 2.40. The van der Waals surface area contributed by atoms with Crippen LogP contribution in [0.5, 0.6) is 0 Å². The van der Waals surface area contributed by atoms with Gasteiger partial charge in [-0.2, -0.15) is 0 Å². The second kappa shape index (κ2) is 12.3. The predicted molar refractivity (Wildman–Crippen MR) is 99.3 cm³/mol. The van der Waals surface area contributed by atoms with E-state index in [0.29, 0.717) is 13.0 Å². The topological polar surface area (TPSA) is 59.0 Å². The lowest BCUT2D eigenvalue weighted by Crippen LogP contribution is -2.51. The monoisotopic (exact) mass is 353 g/mol. The van der Waals surface area contributed by atoms with Gasteiger partial charge in [-0.1, -0.05) is 26.2 Å². The lowest BCUT2D eigenvalue weighted by atomic mass is 9.87. The molecule has 0 aromatic carbocycles. The summed E-state index contributed by atoms with van der Waals surface area (Å²) in [5.41, 5.74) is 0. The van der Waals surface area contributed by atoms with Crippen molar-refractivity contribution in [3.63, 3.8) is 0 Å². The molecule has 1 fully saturated rings. The molecule has 1 aliphatic rings. The van der Waals surface area contributed by atoms with Crippen LogP contribution in [0.3, 0.4) is 0 Å². The number of ether oxygens (including phenoxy) is 2. The molecule has 0 radical (unpaired) electrons. The highest BCUT2D eigenvalue weighted by molar-refractivity contribution is 5.67. The van der Waals surface area contributed by atoms with Crippen LogP contribution in [0.25, 0.3) is 0 Å². The second-order valence-electron chi connectivity index (χ2n) is 7.13. The zero-order valence-corrected chi connectivity index (χ0v) is 16.3. The molecule has 1 rings (SSSR count). The molecule has 0 amide bonds. The van der Waals surface area contributed by atoms with Crippen molar-refractivity contribution in [3.05, 3.63) is 0 Å². The molecule has 1 aliphatic heterocycles. The molecule has 1 heterocycles. The summed E-state index contributed by atoms with van der Waals surface area (Å²) in [5, 5.41) is 9.23. The van der Waals surface area contributed by atoms with Gasteiger partial charge in [0.15, 0.2) is 6.29 Å². The molecule has 25 heavy (non-hydrogen) atoms. The Morgan fingerprint density at radius 2 is 1.96 bits per heavy atom. The fourth-order valence-electron chi connectivity index (χ4n) is 3.32. The lowest BCUT2D eigenvalue weighted by Gasteiger charge is -2.43. The van der Waals surface area contributed by atoms with Gasteiger partial charge < -0.3 is 19.5 Å². The minimum atomic E-state index is -0.810. The van der Waals surface area contributed by atoms with Gasteiger partial charge in [-0.25, -0.2) is 0 Å². The summed E-state index contributed by atoms with van der Waals surface area (Å²) in [7, 11) is 3.97. The van der Waals surface area contributed by atoms with E-state index in [-0.39, 0.29) is 24.5 Å². The van der Waals surface area contributed by atoms with Crippen molar-refractivity contribution in [2.24, 2.45) is 5.92 Å². The Kier molecular flexibility index (Phi) is 10.8. The Balaban J connectivity index is 2.44. The van der Waals surface area contributed by atoms with Crippen molar-refractivity contribution >= 4 is 5.97 Å². The first-order valence-corrected chi connectivity index (χ1v) is 9.56. The molecule has 5 nitrogen and oxygen atoms in total. The predicted octanol–water partition coefficient (Wildman–Crippen LogP) is 3.52. The average molecular weight is 354 g/mol. The van der Waals surface area contributed by atoms with Crippen LogP contribution >= 0.6 is 0 Å². The number of unbranched alkanes of at least 4 members (excludes halogenated alkanes) is 4. The Labute approximate surface area is 153 Å². The van der Waals surface area contributed by atoms with Crippen molar-refractivity contribution in [1.29, 1.82) is 0 Å². The molecule has 4 unspecified atom stereocenters. The number of rotatable bonds is 10. The maximum absolute atomic E-state index is 11.2. The van der Waals surface area contributed by atoms with Crippen LogP contribution in [0.2, 0.25) is 0 Å². The molecule has 144 valence electrons.